The second-order valence-corrected chi connectivity index (χ2v) is 11.5. The number of hydrogen-bond donors (Lipinski definition) is 0. The number of esters is 1. The number of amides is 2. The summed E-state index contributed by atoms with van der Waals surface area (Å²) in [7, 11) is 0. The maximum Gasteiger partial charge on any atom is 0.343 e. The topological polar surface area (TPSA) is 63.7 Å². The smallest absolute Gasteiger partial charge is 0.343 e. The summed E-state index contributed by atoms with van der Waals surface area (Å²) in [4.78, 5) is 42.2. The monoisotopic (exact) mass is 561 g/mol. The Bertz CT molecular complexity index is 1780. The summed E-state index contributed by atoms with van der Waals surface area (Å²) >= 11 is 0. The quantitative estimate of drug-likeness (QED) is 0.133. The number of rotatable bonds is 5. The van der Waals surface area contributed by atoms with E-state index >= 15 is 0 Å². The summed E-state index contributed by atoms with van der Waals surface area (Å²) in [6.45, 7) is 0. The number of carbonyl (C=O) groups is 3. The van der Waals surface area contributed by atoms with Gasteiger partial charge >= 0.3 is 5.97 Å². The highest BCUT2D eigenvalue weighted by molar-refractivity contribution is 6.23. The van der Waals surface area contributed by atoms with Crippen molar-refractivity contribution in [2.45, 2.75) is 18.3 Å². The lowest BCUT2D eigenvalue weighted by atomic mass is 9.55. The van der Waals surface area contributed by atoms with Gasteiger partial charge in [0.05, 0.1) is 23.1 Å². The van der Waals surface area contributed by atoms with Crippen LogP contribution in [0.5, 0.6) is 5.75 Å². The fourth-order valence-corrected chi connectivity index (χ4v) is 7.35. The molecule has 1 saturated heterocycles. The lowest BCUT2D eigenvalue weighted by molar-refractivity contribution is -0.122. The predicted molar refractivity (Wildman–Crippen MR) is 163 cm³/mol. The van der Waals surface area contributed by atoms with Crippen molar-refractivity contribution in [3.05, 3.63) is 166 Å². The van der Waals surface area contributed by atoms with E-state index in [0.717, 1.165) is 34.2 Å². The Labute approximate surface area is 249 Å². The third kappa shape index (κ3) is 4.03. The molecule has 0 N–H and O–H groups in total. The Balaban J connectivity index is 1.02. The van der Waals surface area contributed by atoms with Crippen molar-refractivity contribution in [2.75, 3.05) is 4.90 Å². The molecule has 43 heavy (non-hydrogen) atoms. The van der Waals surface area contributed by atoms with Crippen LogP contribution in [0, 0.1) is 11.8 Å². The highest BCUT2D eigenvalue weighted by atomic mass is 16.5. The number of anilines is 1. The summed E-state index contributed by atoms with van der Waals surface area (Å²) in [6, 6.07) is 40.6. The van der Waals surface area contributed by atoms with Crippen LogP contribution >= 0.6 is 0 Å². The maximum atomic E-state index is 14.0. The highest BCUT2D eigenvalue weighted by Gasteiger charge is 2.61. The van der Waals surface area contributed by atoms with E-state index in [1.807, 2.05) is 54.6 Å². The molecule has 2 atom stereocenters. The zero-order valence-corrected chi connectivity index (χ0v) is 23.2. The Morgan fingerprint density at radius 1 is 0.558 bits per heavy atom. The van der Waals surface area contributed by atoms with E-state index in [1.165, 1.54) is 10.5 Å². The van der Waals surface area contributed by atoms with Gasteiger partial charge in [-0.05, 0) is 76.2 Å². The Morgan fingerprint density at radius 3 is 1.53 bits per heavy atom. The van der Waals surface area contributed by atoms with Crippen molar-refractivity contribution < 1.29 is 19.1 Å². The van der Waals surface area contributed by atoms with Crippen LogP contribution in [-0.4, -0.2) is 17.8 Å². The number of benzene rings is 5. The van der Waals surface area contributed by atoms with E-state index in [1.54, 1.807) is 36.4 Å². The molecule has 9 rings (SSSR count). The van der Waals surface area contributed by atoms with Crippen LogP contribution in [0.25, 0.3) is 0 Å². The number of hydrogen-bond acceptors (Lipinski definition) is 4. The summed E-state index contributed by atoms with van der Waals surface area (Å²) in [6.07, 6.45) is 0.797. The van der Waals surface area contributed by atoms with Gasteiger partial charge in [0.1, 0.15) is 5.75 Å². The molecule has 0 aromatic heterocycles. The van der Waals surface area contributed by atoms with E-state index in [0.29, 0.717) is 17.0 Å². The molecule has 5 heteroatoms. The first-order valence-corrected chi connectivity index (χ1v) is 14.6. The standard InChI is InChI=1S/C38H27NO4/c40-36-34-32-28-10-4-5-11-29(28)33(31-13-7-6-12-30(31)32)35(34)37(41)39(36)26-18-16-25(17-19-26)38(42)43-27-20-14-24(15-21-27)22-23-8-2-1-3-9-23/h1-21,32-35H,22H2/t32?,33?,34-,35-/m0/s1. The van der Waals surface area contributed by atoms with Gasteiger partial charge in [-0.3, -0.25) is 9.59 Å². The molecule has 0 radical (unpaired) electrons. The van der Waals surface area contributed by atoms with Gasteiger partial charge in [0.15, 0.2) is 0 Å². The minimum atomic E-state index is -0.501. The van der Waals surface area contributed by atoms with Gasteiger partial charge in [0.2, 0.25) is 11.8 Å². The Morgan fingerprint density at radius 2 is 1.02 bits per heavy atom. The van der Waals surface area contributed by atoms with Gasteiger partial charge in [0.25, 0.3) is 0 Å². The third-order valence-electron chi connectivity index (χ3n) is 9.19. The fourth-order valence-electron chi connectivity index (χ4n) is 7.35. The molecule has 5 nitrogen and oxygen atoms in total. The first-order valence-electron chi connectivity index (χ1n) is 14.6. The van der Waals surface area contributed by atoms with E-state index < -0.39 is 17.8 Å². The number of nitrogens with zero attached hydrogens (tertiary/aromatic N) is 1. The Hall–Kier alpha value is -5.29. The third-order valence-corrected chi connectivity index (χ3v) is 9.19. The van der Waals surface area contributed by atoms with Crippen molar-refractivity contribution in [2.24, 2.45) is 11.8 Å². The number of carbonyl (C=O) groups excluding carboxylic acids is 3. The molecule has 5 aromatic carbocycles. The molecule has 4 aliphatic rings. The van der Waals surface area contributed by atoms with Crippen LogP contribution in [0.1, 0.15) is 55.6 Å². The summed E-state index contributed by atoms with van der Waals surface area (Å²) in [5.74, 6) is -1.61. The van der Waals surface area contributed by atoms with E-state index in [4.69, 9.17) is 4.74 Å². The number of imide groups is 1. The molecule has 3 aliphatic carbocycles. The van der Waals surface area contributed by atoms with E-state index in [-0.39, 0.29) is 23.7 Å². The molecular formula is C38H27NO4. The minimum absolute atomic E-state index is 0.155. The average molecular weight is 562 g/mol. The SMILES string of the molecule is O=C(Oc1ccc(Cc2ccccc2)cc1)c1ccc(N2C(=O)[C@H]3C4c5ccccc5C(c5ccccc54)[C@@H]3C2=O)cc1. The van der Waals surface area contributed by atoms with E-state index in [9.17, 15) is 14.4 Å². The second-order valence-electron chi connectivity index (χ2n) is 11.5. The summed E-state index contributed by atoms with van der Waals surface area (Å²) in [5, 5.41) is 0. The molecule has 1 fully saturated rings. The van der Waals surface area contributed by atoms with Crippen LogP contribution in [-0.2, 0) is 16.0 Å². The molecule has 0 unspecified atom stereocenters. The number of ether oxygens (including phenoxy) is 1. The van der Waals surface area contributed by atoms with Crippen molar-refractivity contribution in [3.8, 4) is 5.75 Å². The van der Waals surface area contributed by atoms with Crippen LogP contribution in [0.15, 0.2) is 127 Å². The van der Waals surface area contributed by atoms with Gasteiger partial charge in [-0.25, -0.2) is 9.69 Å². The van der Waals surface area contributed by atoms with Crippen LogP contribution < -0.4 is 9.64 Å². The van der Waals surface area contributed by atoms with Crippen molar-refractivity contribution in [3.63, 3.8) is 0 Å². The molecule has 5 aromatic rings. The molecular weight excluding hydrogens is 534 g/mol. The highest BCUT2D eigenvalue weighted by Crippen LogP contribution is 2.61. The molecule has 208 valence electrons. The van der Waals surface area contributed by atoms with Gasteiger partial charge in [-0.2, -0.15) is 0 Å². The van der Waals surface area contributed by atoms with Crippen molar-refractivity contribution in [1.82, 2.24) is 0 Å². The second kappa shape index (κ2) is 9.92. The van der Waals surface area contributed by atoms with Gasteiger partial charge < -0.3 is 4.74 Å². The molecule has 1 heterocycles. The molecule has 0 spiro atoms. The average Bonchev–Trinajstić information content (AvgIpc) is 3.32. The van der Waals surface area contributed by atoms with Crippen LogP contribution in [0.4, 0.5) is 5.69 Å². The van der Waals surface area contributed by atoms with Crippen LogP contribution in [0.3, 0.4) is 0 Å². The largest absolute Gasteiger partial charge is 0.423 e. The maximum absolute atomic E-state index is 14.0. The Kier molecular flexibility index (Phi) is 5.86. The van der Waals surface area contributed by atoms with E-state index in [2.05, 4.69) is 36.4 Å². The molecule has 2 amide bonds. The minimum Gasteiger partial charge on any atom is -0.423 e. The molecule has 1 aliphatic heterocycles. The van der Waals surface area contributed by atoms with Gasteiger partial charge in [-0.15, -0.1) is 0 Å². The predicted octanol–water partition coefficient (Wildman–Crippen LogP) is 6.89. The van der Waals surface area contributed by atoms with Crippen molar-refractivity contribution >= 4 is 23.5 Å². The normalized spacial score (nSPS) is 21.3. The lowest BCUT2D eigenvalue weighted by Crippen LogP contribution is -2.41. The zero-order valence-electron chi connectivity index (χ0n) is 23.2. The summed E-state index contributed by atoms with van der Waals surface area (Å²) in [5.41, 5.74) is 7.71. The van der Waals surface area contributed by atoms with Gasteiger partial charge in [0, 0.05) is 11.8 Å². The summed E-state index contributed by atoms with van der Waals surface area (Å²) < 4.78 is 5.61. The van der Waals surface area contributed by atoms with Gasteiger partial charge in [-0.1, -0.05) is 91.0 Å². The zero-order chi connectivity index (χ0) is 29.1. The lowest BCUT2D eigenvalue weighted by Gasteiger charge is -2.45. The van der Waals surface area contributed by atoms with Crippen molar-refractivity contribution in [1.29, 1.82) is 0 Å². The fraction of sp³-hybridized carbons (Fsp3) is 0.132. The first kappa shape index (κ1) is 25.4. The molecule has 0 saturated carbocycles. The molecule has 2 bridgehead atoms. The first-order chi connectivity index (χ1) is 21.1. The van der Waals surface area contributed by atoms with Crippen LogP contribution in [0.2, 0.25) is 0 Å².